The Kier molecular flexibility index (Phi) is 4.27. The van der Waals surface area contributed by atoms with Crippen LogP contribution in [0.25, 0.3) is 0 Å². The third-order valence-electron chi connectivity index (χ3n) is 4.47. The summed E-state index contributed by atoms with van der Waals surface area (Å²) in [6.07, 6.45) is 6.15. The minimum atomic E-state index is -0.816. The van der Waals surface area contributed by atoms with Crippen LogP contribution in [0.5, 0.6) is 0 Å². The average molecular weight is 265 g/mol. The third-order valence-corrected chi connectivity index (χ3v) is 4.47. The van der Waals surface area contributed by atoms with Crippen molar-refractivity contribution in [3.63, 3.8) is 0 Å². The molecule has 0 bridgehead atoms. The topological polar surface area (TPSA) is 57.6 Å². The summed E-state index contributed by atoms with van der Waals surface area (Å²) in [5.41, 5.74) is 0. The molecular weight excluding hydrogens is 242 g/mol. The Hall–Kier alpha value is -1.32. The molecule has 2 aliphatic carbocycles. The van der Waals surface area contributed by atoms with Crippen molar-refractivity contribution in [2.75, 3.05) is 6.54 Å². The highest BCUT2D eigenvalue weighted by Gasteiger charge is 2.45. The summed E-state index contributed by atoms with van der Waals surface area (Å²) in [6.45, 7) is 6.31. The van der Waals surface area contributed by atoms with Gasteiger partial charge in [0.2, 0.25) is 5.91 Å². The van der Waals surface area contributed by atoms with E-state index in [0.717, 1.165) is 25.7 Å². The molecule has 1 amide bonds. The van der Waals surface area contributed by atoms with Crippen LogP contribution in [0.3, 0.4) is 0 Å². The van der Waals surface area contributed by atoms with Gasteiger partial charge in [-0.2, -0.15) is 0 Å². The number of carboxylic acids is 1. The predicted molar refractivity (Wildman–Crippen MR) is 72.6 cm³/mol. The zero-order valence-electron chi connectivity index (χ0n) is 11.5. The molecule has 2 saturated carbocycles. The lowest BCUT2D eigenvalue weighted by Gasteiger charge is -2.26. The van der Waals surface area contributed by atoms with E-state index in [-0.39, 0.29) is 11.8 Å². The van der Waals surface area contributed by atoms with Crippen LogP contribution in [0.4, 0.5) is 0 Å². The molecule has 3 unspecified atom stereocenters. The van der Waals surface area contributed by atoms with Crippen LogP contribution in [-0.4, -0.2) is 34.5 Å². The highest BCUT2D eigenvalue weighted by Crippen LogP contribution is 2.41. The second-order valence-electron chi connectivity index (χ2n) is 5.81. The van der Waals surface area contributed by atoms with Gasteiger partial charge in [0.05, 0.1) is 11.8 Å². The summed E-state index contributed by atoms with van der Waals surface area (Å²) in [5.74, 6) is -1.24. The fourth-order valence-electron chi connectivity index (χ4n) is 3.18. The molecule has 0 radical (unpaired) electrons. The Morgan fingerprint density at radius 3 is 2.42 bits per heavy atom. The van der Waals surface area contributed by atoms with E-state index in [4.69, 9.17) is 0 Å². The molecule has 106 valence electrons. The summed E-state index contributed by atoms with van der Waals surface area (Å²) < 4.78 is 0. The van der Waals surface area contributed by atoms with Gasteiger partial charge in [-0.05, 0) is 31.6 Å². The lowest BCUT2D eigenvalue weighted by atomic mass is 9.94. The van der Waals surface area contributed by atoms with Crippen LogP contribution in [0.2, 0.25) is 0 Å². The first kappa shape index (κ1) is 14.1. The molecule has 0 aromatic rings. The largest absolute Gasteiger partial charge is 0.481 e. The highest BCUT2D eigenvalue weighted by molar-refractivity contribution is 5.86. The van der Waals surface area contributed by atoms with E-state index < -0.39 is 11.9 Å². The molecule has 0 heterocycles. The number of carbonyl (C=O) groups excluding carboxylic acids is 1. The summed E-state index contributed by atoms with van der Waals surface area (Å²) in [4.78, 5) is 25.8. The molecule has 19 heavy (non-hydrogen) atoms. The van der Waals surface area contributed by atoms with E-state index in [2.05, 4.69) is 13.5 Å². The Balaban J connectivity index is 2.10. The molecule has 0 saturated heterocycles. The second-order valence-corrected chi connectivity index (χ2v) is 5.81. The van der Waals surface area contributed by atoms with Crippen molar-refractivity contribution in [2.45, 2.75) is 45.1 Å². The maximum Gasteiger partial charge on any atom is 0.307 e. The lowest BCUT2D eigenvalue weighted by molar-refractivity contribution is -0.149. The van der Waals surface area contributed by atoms with Crippen LogP contribution in [0, 0.1) is 17.8 Å². The van der Waals surface area contributed by atoms with E-state index in [0.29, 0.717) is 24.9 Å². The number of carbonyl (C=O) groups is 2. The van der Waals surface area contributed by atoms with E-state index in [1.54, 1.807) is 6.08 Å². The van der Waals surface area contributed by atoms with E-state index in [1.807, 2.05) is 4.90 Å². The molecule has 4 heteroatoms. The van der Waals surface area contributed by atoms with Crippen LogP contribution in [0.15, 0.2) is 12.7 Å². The van der Waals surface area contributed by atoms with Gasteiger partial charge in [-0.3, -0.25) is 9.59 Å². The Morgan fingerprint density at radius 1 is 1.32 bits per heavy atom. The number of carboxylic acid groups (broad SMARTS) is 1. The lowest BCUT2D eigenvalue weighted by Crippen LogP contribution is -2.40. The molecule has 0 spiro atoms. The Morgan fingerprint density at radius 2 is 1.95 bits per heavy atom. The molecular formula is C15H23NO3. The van der Waals surface area contributed by atoms with Crippen LogP contribution >= 0.6 is 0 Å². The van der Waals surface area contributed by atoms with Crippen molar-refractivity contribution in [3.05, 3.63) is 12.7 Å². The quantitative estimate of drug-likeness (QED) is 0.750. The second kappa shape index (κ2) is 5.76. The number of nitrogens with zero attached hydrogens (tertiary/aromatic N) is 1. The first-order valence-corrected chi connectivity index (χ1v) is 7.22. The van der Waals surface area contributed by atoms with Crippen molar-refractivity contribution in [1.82, 2.24) is 4.90 Å². The summed E-state index contributed by atoms with van der Waals surface area (Å²) in [5, 5.41) is 9.32. The SMILES string of the molecule is C=CCN(C(=O)C1CC(CC)CC1C(=O)O)C1CC1. The van der Waals surface area contributed by atoms with Crippen LogP contribution < -0.4 is 0 Å². The van der Waals surface area contributed by atoms with Crippen molar-refractivity contribution in [2.24, 2.45) is 17.8 Å². The minimum absolute atomic E-state index is 0.0331. The highest BCUT2D eigenvalue weighted by atomic mass is 16.4. The van der Waals surface area contributed by atoms with Gasteiger partial charge in [-0.1, -0.05) is 19.4 Å². The van der Waals surface area contributed by atoms with E-state index >= 15 is 0 Å². The average Bonchev–Trinajstić information content (AvgIpc) is 3.12. The third kappa shape index (κ3) is 2.99. The van der Waals surface area contributed by atoms with Crippen molar-refractivity contribution < 1.29 is 14.7 Å². The fraction of sp³-hybridized carbons (Fsp3) is 0.733. The van der Waals surface area contributed by atoms with E-state index in [9.17, 15) is 14.7 Å². The number of aliphatic carboxylic acids is 1. The standard InChI is InChI=1S/C15H23NO3/c1-3-7-16(11-5-6-11)14(17)12-8-10(4-2)9-13(12)15(18)19/h3,10-13H,1,4-9H2,2H3,(H,18,19). The van der Waals surface area contributed by atoms with Gasteiger partial charge in [-0.15, -0.1) is 6.58 Å². The minimum Gasteiger partial charge on any atom is -0.481 e. The normalized spacial score (nSPS) is 30.1. The van der Waals surface area contributed by atoms with Crippen LogP contribution in [-0.2, 0) is 9.59 Å². The molecule has 4 nitrogen and oxygen atoms in total. The monoisotopic (exact) mass is 265 g/mol. The maximum atomic E-state index is 12.6. The molecule has 1 N–H and O–H groups in total. The molecule has 2 fully saturated rings. The van der Waals surface area contributed by atoms with Gasteiger partial charge in [-0.25, -0.2) is 0 Å². The Bertz CT molecular complexity index is 376. The van der Waals surface area contributed by atoms with Gasteiger partial charge in [0, 0.05) is 12.6 Å². The summed E-state index contributed by atoms with van der Waals surface area (Å²) in [7, 11) is 0. The summed E-state index contributed by atoms with van der Waals surface area (Å²) >= 11 is 0. The van der Waals surface area contributed by atoms with Gasteiger partial charge in [0.1, 0.15) is 0 Å². The van der Waals surface area contributed by atoms with Crippen molar-refractivity contribution in [3.8, 4) is 0 Å². The molecule has 2 aliphatic rings. The van der Waals surface area contributed by atoms with Crippen molar-refractivity contribution >= 4 is 11.9 Å². The number of rotatable bonds is 6. The number of hydrogen-bond acceptors (Lipinski definition) is 2. The number of hydrogen-bond donors (Lipinski definition) is 1. The maximum absolute atomic E-state index is 12.6. The van der Waals surface area contributed by atoms with Gasteiger partial charge < -0.3 is 10.0 Å². The summed E-state index contributed by atoms with van der Waals surface area (Å²) in [6, 6.07) is 0.320. The van der Waals surface area contributed by atoms with Gasteiger partial charge in [0.25, 0.3) is 0 Å². The Labute approximate surface area is 114 Å². The smallest absolute Gasteiger partial charge is 0.307 e. The number of amides is 1. The molecule has 0 aliphatic heterocycles. The predicted octanol–water partition coefficient (Wildman–Crippen LogP) is 2.30. The molecule has 3 atom stereocenters. The van der Waals surface area contributed by atoms with Crippen molar-refractivity contribution in [1.29, 1.82) is 0 Å². The van der Waals surface area contributed by atoms with Crippen LogP contribution in [0.1, 0.15) is 39.0 Å². The first-order valence-electron chi connectivity index (χ1n) is 7.22. The fourth-order valence-corrected chi connectivity index (χ4v) is 3.18. The molecule has 2 rings (SSSR count). The van der Waals surface area contributed by atoms with E-state index in [1.165, 1.54) is 0 Å². The molecule has 0 aromatic heterocycles. The first-order chi connectivity index (χ1) is 9.08. The van der Waals surface area contributed by atoms with Gasteiger partial charge in [0.15, 0.2) is 0 Å². The molecule has 0 aromatic carbocycles. The van der Waals surface area contributed by atoms with Gasteiger partial charge >= 0.3 is 5.97 Å². The zero-order chi connectivity index (χ0) is 14.0. The zero-order valence-corrected chi connectivity index (χ0v) is 11.5.